The number of non-ortho nitro benzene ring substituents is 1. The summed E-state index contributed by atoms with van der Waals surface area (Å²) in [5, 5.41) is 10.8. The molecule has 2 aromatic rings. The van der Waals surface area contributed by atoms with Crippen molar-refractivity contribution < 1.29 is 28.5 Å². The van der Waals surface area contributed by atoms with Gasteiger partial charge in [0.25, 0.3) is 23.4 Å². The van der Waals surface area contributed by atoms with Gasteiger partial charge in [0, 0.05) is 12.1 Å². The first kappa shape index (κ1) is 16.8. The number of nitro benzene ring substituents is 1. The number of rotatable bonds is 4. The molecule has 0 unspecified atom stereocenters. The molecule has 11 heteroatoms. The third-order valence-electron chi connectivity index (χ3n) is 3.53. The van der Waals surface area contributed by atoms with Gasteiger partial charge in [0.15, 0.2) is 5.76 Å². The zero-order valence-electron chi connectivity index (χ0n) is 12.9. The highest BCUT2D eigenvalue weighted by Crippen LogP contribution is 2.26. The fraction of sp³-hybridized carbons (Fsp3) is 0.0667. The molecule has 2 N–H and O–H groups in total. The lowest BCUT2D eigenvalue weighted by molar-refractivity contribution is -0.384. The van der Waals surface area contributed by atoms with Crippen LogP contribution in [0.15, 0.2) is 41.0 Å². The number of hydrogen-bond acceptors (Lipinski definition) is 7. The Morgan fingerprint density at radius 3 is 2.50 bits per heavy atom. The molecule has 0 aliphatic carbocycles. The topological polar surface area (TPSA) is 152 Å². The van der Waals surface area contributed by atoms with Gasteiger partial charge in [-0.2, -0.15) is 0 Å². The molecule has 0 saturated carbocycles. The number of hydrazine groups is 1. The second kappa shape index (κ2) is 6.47. The maximum Gasteiger partial charge on any atom is 0.305 e. The van der Waals surface area contributed by atoms with Gasteiger partial charge in [0.1, 0.15) is 6.54 Å². The van der Waals surface area contributed by atoms with Gasteiger partial charge < -0.3 is 4.42 Å². The number of fused-ring (bicyclic) bond motifs is 1. The predicted octanol–water partition coefficient (Wildman–Crippen LogP) is 0.245. The number of furan rings is 1. The van der Waals surface area contributed by atoms with Crippen LogP contribution >= 0.6 is 0 Å². The number of hydrogen-bond donors (Lipinski definition) is 2. The first-order chi connectivity index (χ1) is 12.4. The summed E-state index contributed by atoms with van der Waals surface area (Å²) in [7, 11) is 0. The molecule has 0 fully saturated rings. The quantitative estimate of drug-likeness (QED) is 0.451. The van der Waals surface area contributed by atoms with Gasteiger partial charge in [-0.05, 0) is 18.2 Å². The average Bonchev–Trinajstić information content (AvgIpc) is 3.23. The number of nitro groups is 1. The third-order valence-corrected chi connectivity index (χ3v) is 3.53. The molecule has 0 bridgehead atoms. The highest BCUT2D eigenvalue weighted by atomic mass is 16.6. The Hall–Kier alpha value is -4.02. The van der Waals surface area contributed by atoms with Crippen molar-refractivity contribution in [3.8, 4) is 0 Å². The number of nitrogens with one attached hydrogen (secondary N) is 2. The maximum absolute atomic E-state index is 12.2. The predicted molar refractivity (Wildman–Crippen MR) is 82.8 cm³/mol. The Bertz CT molecular complexity index is 935. The summed E-state index contributed by atoms with van der Waals surface area (Å²) in [4.78, 5) is 58.7. The van der Waals surface area contributed by atoms with E-state index in [1.54, 1.807) is 0 Å². The van der Waals surface area contributed by atoms with Gasteiger partial charge >= 0.3 is 5.91 Å². The molecule has 1 aromatic heterocycles. The van der Waals surface area contributed by atoms with E-state index in [4.69, 9.17) is 4.42 Å². The molecule has 26 heavy (non-hydrogen) atoms. The van der Waals surface area contributed by atoms with E-state index >= 15 is 0 Å². The first-order valence-corrected chi connectivity index (χ1v) is 7.16. The van der Waals surface area contributed by atoms with Crippen molar-refractivity contribution in [2.45, 2.75) is 0 Å². The van der Waals surface area contributed by atoms with E-state index < -0.39 is 35.1 Å². The third kappa shape index (κ3) is 3.00. The summed E-state index contributed by atoms with van der Waals surface area (Å²) < 4.78 is 4.83. The fourth-order valence-electron chi connectivity index (χ4n) is 2.31. The van der Waals surface area contributed by atoms with Crippen LogP contribution in [0.4, 0.5) is 5.69 Å². The summed E-state index contributed by atoms with van der Waals surface area (Å²) >= 11 is 0. The summed E-state index contributed by atoms with van der Waals surface area (Å²) in [6.45, 7) is -0.668. The van der Waals surface area contributed by atoms with Crippen molar-refractivity contribution in [2.75, 3.05) is 6.54 Å². The van der Waals surface area contributed by atoms with Crippen LogP contribution in [0, 0.1) is 10.1 Å². The van der Waals surface area contributed by atoms with Crippen molar-refractivity contribution >= 4 is 29.3 Å². The molecular weight excluding hydrogens is 348 g/mol. The van der Waals surface area contributed by atoms with Gasteiger partial charge in [-0.1, -0.05) is 0 Å². The zero-order chi connectivity index (χ0) is 18.8. The summed E-state index contributed by atoms with van der Waals surface area (Å²) in [5.74, 6) is -3.19. The number of benzene rings is 1. The van der Waals surface area contributed by atoms with Gasteiger partial charge in [-0.15, -0.1) is 0 Å². The zero-order valence-corrected chi connectivity index (χ0v) is 12.9. The molecule has 4 amide bonds. The minimum atomic E-state index is -0.839. The summed E-state index contributed by atoms with van der Waals surface area (Å²) in [5.41, 5.74) is 3.57. The summed E-state index contributed by atoms with van der Waals surface area (Å²) in [6, 6.07) is 6.08. The Balaban J connectivity index is 1.66. The number of imide groups is 1. The largest absolute Gasteiger partial charge is 0.459 e. The number of nitrogens with zero attached hydrogens (tertiary/aromatic N) is 2. The minimum Gasteiger partial charge on any atom is -0.459 e. The average molecular weight is 358 g/mol. The van der Waals surface area contributed by atoms with Crippen molar-refractivity contribution in [1.82, 2.24) is 15.8 Å². The molecule has 0 saturated heterocycles. The molecule has 0 spiro atoms. The van der Waals surface area contributed by atoms with E-state index in [1.807, 2.05) is 5.43 Å². The summed E-state index contributed by atoms with van der Waals surface area (Å²) in [6.07, 6.45) is 1.27. The normalized spacial score (nSPS) is 12.7. The van der Waals surface area contributed by atoms with E-state index in [0.717, 1.165) is 18.2 Å². The standard InChI is InChI=1S/C15H10N4O7/c20-12(16-17-13(21)11-2-1-5-26-11)7-18-14(22)9-4-3-8(19(24)25)6-10(9)15(18)23/h1-6H,7H2,(H,16,20)(H,17,21). The Morgan fingerprint density at radius 1 is 1.12 bits per heavy atom. The maximum atomic E-state index is 12.2. The first-order valence-electron chi connectivity index (χ1n) is 7.16. The Labute approximate surface area is 144 Å². The smallest absolute Gasteiger partial charge is 0.305 e. The highest BCUT2D eigenvalue weighted by Gasteiger charge is 2.37. The Morgan fingerprint density at radius 2 is 1.85 bits per heavy atom. The van der Waals surface area contributed by atoms with Crippen LogP contribution in [0.2, 0.25) is 0 Å². The van der Waals surface area contributed by atoms with Gasteiger partial charge in [-0.3, -0.25) is 45.0 Å². The van der Waals surface area contributed by atoms with E-state index in [1.165, 1.54) is 18.4 Å². The lowest BCUT2D eigenvalue weighted by Crippen LogP contribution is -2.47. The molecule has 0 radical (unpaired) electrons. The van der Waals surface area contributed by atoms with Crippen LogP contribution in [0.25, 0.3) is 0 Å². The van der Waals surface area contributed by atoms with Crippen LogP contribution in [0.1, 0.15) is 31.3 Å². The molecule has 1 aliphatic rings. The van der Waals surface area contributed by atoms with Crippen molar-refractivity contribution in [2.24, 2.45) is 0 Å². The molecule has 11 nitrogen and oxygen atoms in total. The van der Waals surface area contributed by atoms with Crippen molar-refractivity contribution in [3.05, 3.63) is 63.6 Å². The SMILES string of the molecule is O=C(CN1C(=O)c2ccc([N+](=O)[O-])cc2C1=O)NNC(=O)c1ccco1. The lowest BCUT2D eigenvalue weighted by atomic mass is 10.1. The van der Waals surface area contributed by atoms with Crippen LogP contribution < -0.4 is 10.9 Å². The highest BCUT2D eigenvalue weighted by molar-refractivity contribution is 6.22. The fourth-order valence-corrected chi connectivity index (χ4v) is 2.31. The molecule has 1 aliphatic heterocycles. The molecule has 3 rings (SSSR count). The van der Waals surface area contributed by atoms with E-state index in [0.29, 0.717) is 4.90 Å². The molecule has 2 heterocycles. The molecule has 0 atom stereocenters. The van der Waals surface area contributed by atoms with Crippen molar-refractivity contribution in [3.63, 3.8) is 0 Å². The van der Waals surface area contributed by atoms with E-state index in [9.17, 15) is 29.3 Å². The van der Waals surface area contributed by atoms with Gasteiger partial charge in [-0.25, -0.2) is 0 Å². The van der Waals surface area contributed by atoms with E-state index in [-0.39, 0.29) is 22.6 Å². The Kier molecular flexibility index (Phi) is 4.19. The van der Waals surface area contributed by atoms with Crippen LogP contribution in [0.5, 0.6) is 0 Å². The molecule has 1 aromatic carbocycles. The molecule has 132 valence electrons. The monoisotopic (exact) mass is 358 g/mol. The van der Waals surface area contributed by atoms with Gasteiger partial charge in [0.05, 0.1) is 22.3 Å². The lowest BCUT2D eigenvalue weighted by Gasteiger charge is -2.13. The van der Waals surface area contributed by atoms with Gasteiger partial charge in [0.2, 0.25) is 0 Å². The second-order valence-electron chi connectivity index (χ2n) is 5.16. The number of amides is 4. The van der Waals surface area contributed by atoms with Crippen molar-refractivity contribution in [1.29, 1.82) is 0 Å². The second-order valence-corrected chi connectivity index (χ2v) is 5.16. The number of carbonyl (C=O) groups excluding carboxylic acids is 4. The van der Waals surface area contributed by atoms with E-state index in [2.05, 4.69) is 5.43 Å². The minimum absolute atomic E-state index is 0.0342. The number of carbonyl (C=O) groups is 4. The van der Waals surface area contributed by atoms with Crippen LogP contribution in [-0.4, -0.2) is 40.0 Å². The van der Waals surface area contributed by atoms with Crippen LogP contribution in [-0.2, 0) is 4.79 Å². The molecular formula is C15H10N4O7. The van der Waals surface area contributed by atoms with Crippen LogP contribution in [0.3, 0.4) is 0 Å².